The van der Waals surface area contributed by atoms with E-state index < -0.39 is 10.8 Å². The van der Waals surface area contributed by atoms with Crippen LogP contribution in [0, 0.1) is 23.7 Å². The number of para-hydroxylation sites is 4. The van der Waals surface area contributed by atoms with Crippen LogP contribution in [0.15, 0.2) is 218 Å². The molecule has 0 bridgehead atoms. The van der Waals surface area contributed by atoms with E-state index in [-0.39, 0.29) is 0 Å². The Bertz CT molecular complexity index is 3450. The van der Waals surface area contributed by atoms with Gasteiger partial charge in [0.1, 0.15) is 59.2 Å². The first kappa shape index (κ1) is 43.1. The molecule has 0 amide bonds. The summed E-state index contributed by atoms with van der Waals surface area (Å²) in [5.74, 6) is 18.1. The van der Waals surface area contributed by atoms with Crippen LogP contribution in [0.2, 0.25) is 0 Å². The predicted molar refractivity (Wildman–Crippen MR) is 283 cm³/mol. The Kier molecular flexibility index (Phi) is 11.0. The quantitative estimate of drug-likeness (QED) is 0.128. The van der Waals surface area contributed by atoms with Crippen molar-refractivity contribution in [3.63, 3.8) is 0 Å². The van der Waals surface area contributed by atoms with Gasteiger partial charge in [-0.3, -0.25) is 0 Å². The summed E-state index contributed by atoms with van der Waals surface area (Å²) in [5.41, 5.74) is 7.25. The topological polar surface area (TPSA) is 46.2 Å². The van der Waals surface area contributed by atoms with Gasteiger partial charge in [0, 0.05) is 22.3 Å². The van der Waals surface area contributed by atoms with E-state index in [0.717, 1.165) is 112 Å². The maximum Gasteiger partial charge on any atom is 0.149 e. The molecular weight excluding hydrogens is 873 g/mol. The molecule has 0 spiro atoms. The molecule has 0 aliphatic carbocycles. The second-order valence-corrected chi connectivity index (χ2v) is 17.7. The second kappa shape index (κ2) is 18.1. The van der Waals surface area contributed by atoms with E-state index in [0.29, 0.717) is 13.2 Å². The molecule has 0 saturated heterocycles. The van der Waals surface area contributed by atoms with Crippen molar-refractivity contribution >= 4 is 21.5 Å². The first-order chi connectivity index (χ1) is 35.1. The number of hydrogen-bond donors (Lipinski definition) is 0. The van der Waals surface area contributed by atoms with E-state index in [1.165, 1.54) is 0 Å². The van der Waals surface area contributed by atoms with Gasteiger partial charge in [-0.2, -0.15) is 0 Å². The summed E-state index contributed by atoms with van der Waals surface area (Å²) < 4.78 is 31.9. The Morgan fingerprint density at radius 3 is 1.01 bits per heavy atom. The molecule has 0 saturated carbocycles. The summed E-state index contributed by atoms with van der Waals surface area (Å²) in [4.78, 5) is 0. The van der Waals surface area contributed by atoms with Crippen LogP contribution in [0.25, 0.3) is 21.5 Å². The standard InChI is InChI=1S/C66H46O5/c1-3-5-39-67-55-33-25-45-41-51(27-23-47(45)43-55)65(57-15-7-11-19-61(57)70-62-20-12-8-16-58(62)65)49-29-35-53(36-30-49)69-54-37-31-50(32-38-54)66(59-17-9-13-21-63(59)71-64-22-14-10-18-60(64)66)52-28-24-48-44-56(68-40-6-4-2)34-26-46(48)42-52/h7-38,41-44H,39-40H2,1-2H3. The van der Waals surface area contributed by atoms with Crippen molar-refractivity contribution in [1.82, 2.24) is 0 Å². The molecule has 5 nitrogen and oxygen atoms in total. The molecule has 0 N–H and O–H groups in total. The summed E-state index contributed by atoms with van der Waals surface area (Å²) in [6.45, 7) is 4.34. The summed E-state index contributed by atoms with van der Waals surface area (Å²) in [5, 5.41) is 4.38. The van der Waals surface area contributed by atoms with E-state index in [2.05, 4.69) is 206 Å². The van der Waals surface area contributed by atoms with Gasteiger partial charge in [0.15, 0.2) is 0 Å². The van der Waals surface area contributed by atoms with Gasteiger partial charge in [-0.1, -0.05) is 145 Å². The van der Waals surface area contributed by atoms with Gasteiger partial charge in [0.2, 0.25) is 0 Å². The van der Waals surface area contributed by atoms with Gasteiger partial charge in [-0.15, -0.1) is 11.8 Å². The lowest BCUT2D eigenvalue weighted by molar-refractivity contribution is 0.370. The smallest absolute Gasteiger partial charge is 0.149 e. The zero-order valence-corrected chi connectivity index (χ0v) is 39.2. The molecular formula is C66H46O5. The molecule has 71 heavy (non-hydrogen) atoms. The fourth-order valence-electron chi connectivity index (χ4n) is 10.7. The van der Waals surface area contributed by atoms with Crippen molar-refractivity contribution in [2.24, 2.45) is 0 Å². The summed E-state index contributed by atoms with van der Waals surface area (Å²) in [7, 11) is 0. The Balaban J connectivity index is 0.928. The number of ether oxygens (including phenoxy) is 5. The van der Waals surface area contributed by atoms with Gasteiger partial charge < -0.3 is 23.7 Å². The third kappa shape index (κ3) is 7.39. The van der Waals surface area contributed by atoms with Gasteiger partial charge in [-0.25, -0.2) is 0 Å². The maximum atomic E-state index is 6.74. The van der Waals surface area contributed by atoms with Crippen LogP contribution < -0.4 is 23.7 Å². The monoisotopic (exact) mass is 918 g/mol. The third-order valence-corrected chi connectivity index (χ3v) is 13.9. The molecule has 0 unspecified atom stereocenters. The van der Waals surface area contributed by atoms with Gasteiger partial charge in [0.25, 0.3) is 0 Å². The van der Waals surface area contributed by atoms with E-state index >= 15 is 0 Å². The van der Waals surface area contributed by atoms with E-state index in [1.807, 2.05) is 50.2 Å². The SMILES string of the molecule is CC#CCOc1ccc2cc(C3(c4ccc(Oc5ccc(C6(c7ccc8cc(OCC#CC)ccc8c7)c7ccccc7Oc7ccccc76)cc5)cc4)c4ccccc4Oc4ccccc43)ccc2c1. The molecule has 0 aromatic heterocycles. The highest BCUT2D eigenvalue weighted by molar-refractivity contribution is 5.87. The first-order valence-corrected chi connectivity index (χ1v) is 23.8. The van der Waals surface area contributed by atoms with Crippen LogP contribution in [-0.4, -0.2) is 13.2 Å². The van der Waals surface area contributed by atoms with E-state index in [1.54, 1.807) is 0 Å². The zero-order valence-electron chi connectivity index (χ0n) is 39.2. The van der Waals surface area contributed by atoms with Crippen molar-refractivity contribution in [3.8, 4) is 69.7 Å². The highest BCUT2D eigenvalue weighted by Crippen LogP contribution is 2.57. The van der Waals surface area contributed by atoms with E-state index in [4.69, 9.17) is 23.7 Å². The normalized spacial score (nSPS) is 13.3. The minimum absolute atomic E-state index is 0.350. The average molecular weight is 919 g/mol. The lowest BCUT2D eigenvalue weighted by Gasteiger charge is -2.41. The molecule has 10 aromatic carbocycles. The molecule has 340 valence electrons. The Morgan fingerprint density at radius 1 is 0.338 bits per heavy atom. The number of rotatable bonds is 10. The maximum absolute atomic E-state index is 6.74. The summed E-state index contributed by atoms with van der Waals surface area (Å²) >= 11 is 0. The van der Waals surface area contributed by atoms with Crippen LogP contribution in [0.5, 0.6) is 46.0 Å². The number of benzene rings is 10. The van der Waals surface area contributed by atoms with Crippen molar-refractivity contribution < 1.29 is 23.7 Å². The van der Waals surface area contributed by atoms with Crippen molar-refractivity contribution in [2.75, 3.05) is 13.2 Å². The predicted octanol–water partition coefficient (Wildman–Crippen LogP) is 15.6. The van der Waals surface area contributed by atoms with Gasteiger partial charge in [-0.05, 0) is 143 Å². The van der Waals surface area contributed by atoms with Crippen LogP contribution in [0.1, 0.15) is 58.4 Å². The molecule has 2 heterocycles. The van der Waals surface area contributed by atoms with Crippen molar-refractivity contribution in [1.29, 1.82) is 0 Å². The van der Waals surface area contributed by atoms with Crippen molar-refractivity contribution in [3.05, 3.63) is 263 Å². The fourth-order valence-corrected chi connectivity index (χ4v) is 10.7. The summed E-state index contributed by atoms with van der Waals surface area (Å²) in [6.07, 6.45) is 0. The van der Waals surface area contributed by atoms with Gasteiger partial charge >= 0.3 is 0 Å². The lowest BCUT2D eigenvalue weighted by atomic mass is 9.63. The zero-order chi connectivity index (χ0) is 47.8. The van der Waals surface area contributed by atoms with Crippen LogP contribution in [-0.2, 0) is 10.8 Å². The molecule has 2 aliphatic rings. The van der Waals surface area contributed by atoms with Crippen LogP contribution >= 0.6 is 0 Å². The lowest BCUT2D eigenvalue weighted by Crippen LogP contribution is -2.34. The van der Waals surface area contributed by atoms with Crippen LogP contribution in [0.4, 0.5) is 0 Å². The number of fused-ring (bicyclic) bond motifs is 6. The average Bonchev–Trinajstić information content (AvgIpc) is 3.42. The Hall–Kier alpha value is -9.16. The third-order valence-electron chi connectivity index (χ3n) is 13.9. The number of hydrogen-bond acceptors (Lipinski definition) is 5. The molecule has 5 heteroatoms. The highest BCUT2D eigenvalue weighted by atomic mass is 16.5. The minimum Gasteiger partial charge on any atom is -0.481 e. The molecule has 10 aromatic rings. The largest absolute Gasteiger partial charge is 0.481 e. The summed E-state index contributed by atoms with van der Waals surface area (Å²) in [6, 6.07) is 76.4. The fraction of sp³-hybridized carbons (Fsp3) is 0.0909. The molecule has 2 aliphatic heterocycles. The highest BCUT2D eigenvalue weighted by Gasteiger charge is 2.47. The minimum atomic E-state index is -0.709. The molecule has 0 atom stereocenters. The Morgan fingerprint density at radius 2 is 0.648 bits per heavy atom. The molecule has 0 radical (unpaired) electrons. The van der Waals surface area contributed by atoms with Gasteiger partial charge in [0.05, 0.1) is 10.8 Å². The van der Waals surface area contributed by atoms with Crippen LogP contribution in [0.3, 0.4) is 0 Å². The molecule has 12 rings (SSSR count). The second-order valence-electron chi connectivity index (χ2n) is 17.7. The van der Waals surface area contributed by atoms with Crippen molar-refractivity contribution in [2.45, 2.75) is 24.7 Å². The van der Waals surface area contributed by atoms with E-state index in [9.17, 15) is 0 Å². The molecule has 0 fully saturated rings. The Labute approximate surface area is 413 Å². The first-order valence-electron chi connectivity index (χ1n) is 23.8.